The monoisotopic (exact) mass is 312 g/mol. The van der Waals surface area contributed by atoms with Crippen LogP contribution >= 0.6 is 0 Å². The van der Waals surface area contributed by atoms with E-state index < -0.39 is 0 Å². The summed E-state index contributed by atoms with van der Waals surface area (Å²) in [6.07, 6.45) is 7.28. The Hall–Kier alpha value is -2.21. The summed E-state index contributed by atoms with van der Waals surface area (Å²) in [4.78, 5) is 15.5. The van der Waals surface area contributed by atoms with E-state index in [0.29, 0.717) is 5.95 Å². The molecule has 0 atom stereocenters. The molecule has 3 rings (SSSR count). The fourth-order valence-electron chi connectivity index (χ4n) is 2.94. The molecule has 0 radical (unpaired) electrons. The van der Waals surface area contributed by atoms with Crippen LogP contribution in [-0.2, 0) is 0 Å². The molecule has 6 nitrogen and oxygen atoms in total. The maximum Gasteiger partial charge on any atom is 0.230 e. The topological polar surface area (TPSA) is 66.0 Å². The van der Waals surface area contributed by atoms with E-state index in [2.05, 4.69) is 30.5 Å². The Morgan fingerprint density at radius 2 is 2.00 bits per heavy atom. The predicted octanol–water partition coefficient (Wildman–Crippen LogP) is 2.44. The fraction of sp³-hybridized carbons (Fsp3) is 0.471. The first kappa shape index (κ1) is 15.7. The number of hydrogen-bond donors (Lipinski definition) is 2. The number of aromatic nitrogens is 3. The zero-order valence-electron chi connectivity index (χ0n) is 13.6. The normalized spacial score (nSPS) is 15.6. The highest BCUT2D eigenvalue weighted by Crippen LogP contribution is 2.24. The van der Waals surface area contributed by atoms with Gasteiger partial charge in [-0.2, -0.15) is 4.98 Å². The summed E-state index contributed by atoms with van der Waals surface area (Å²) in [7, 11) is 2.02. The van der Waals surface area contributed by atoms with Crippen LogP contribution in [-0.4, -0.2) is 41.6 Å². The third kappa shape index (κ3) is 4.39. The van der Waals surface area contributed by atoms with E-state index >= 15 is 0 Å². The van der Waals surface area contributed by atoms with Crippen LogP contribution in [0.4, 0.5) is 17.6 Å². The minimum atomic E-state index is 0.596. The minimum Gasteiger partial charge on any atom is -0.356 e. The molecule has 6 heteroatoms. The second-order valence-corrected chi connectivity index (χ2v) is 5.90. The summed E-state index contributed by atoms with van der Waals surface area (Å²) in [6, 6.07) is 7.72. The van der Waals surface area contributed by atoms with Gasteiger partial charge in [-0.1, -0.05) is 6.07 Å². The lowest BCUT2D eigenvalue weighted by molar-refractivity contribution is 0.377. The van der Waals surface area contributed by atoms with Crippen LogP contribution in [0.1, 0.15) is 19.3 Å². The molecule has 122 valence electrons. The van der Waals surface area contributed by atoms with Crippen molar-refractivity contribution in [2.45, 2.75) is 19.3 Å². The van der Waals surface area contributed by atoms with Crippen molar-refractivity contribution < 1.29 is 0 Å². The van der Waals surface area contributed by atoms with Gasteiger partial charge in [0.25, 0.3) is 0 Å². The standard InChI is InChI=1S/C17H24N6/c1-18-10-5-14-7-12-23(13-8-14)16-6-11-20-17(22-16)21-15-4-2-3-9-19-15/h2-4,6,9,11,14,18H,5,7-8,10,12-13H2,1H3,(H,19,20,21,22). The molecular weight excluding hydrogens is 288 g/mol. The SMILES string of the molecule is CNCCC1CCN(c2ccnc(Nc3ccccn3)n2)CC1. The Bertz CT molecular complexity index is 595. The maximum absolute atomic E-state index is 4.63. The van der Waals surface area contributed by atoms with E-state index in [9.17, 15) is 0 Å². The molecule has 0 unspecified atom stereocenters. The molecule has 0 bridgehead atoms. The Balaban J connectivity index is 1.60. The van der Waals surface area contributed by atoms with Gasteiger partial charge in [-0.15, -0.1) is 0 Å². The number of anilines is 3. The van der Waals surface area contributed by atoms with Crippen molar-refractivity contribution in [2.24, 2.45) is 5.92 Å². The van der Waals surface area contributed by atoms with Crippen molar-refractivity contribution >= 4 is 17.6 Å². The molecule has 1 fully saturated rings. The van der Waals surface area contributed by atoms with Gasteiger partial charge in [0.1, 0.15) is 11.6 Å². The first-order valence-corrected chi connectivity index (χ1v) is 8.26. The van der Waals surface area contributed by atoms with Crippen LogP contribution in [0.3, 0.4) is 0 Å². The highest BCUT2D eigenvalue weighted by Gasteiger charge is 2.20. The molecule has 2 aromatic heterocycles. The van der Waals surface area contributed by atoms with Crippen LogP contribution < -0.4 is 15.5 Å². The number of piperidine rings is 1. The van der Waals surface area contributed by atoms with Gasteiger partial charge in [0.15, 0.2) is 0 Å². The summed E-state index contributed by atoms with van der Waals surface area (Å²) in [5.74, 6) is 3.17. The summed E-state index contributed by atoms with van der Waals surface area (Å²) in [5, 5.41) is 6.39. The lowest BCUT2D eigenvalue weighted by Crippen LogP contribution is -2.35. The van der Waals surface area contributed by atoms with E-state index in [1.807, 2.05) is 31.3 Å². The number of nitrogens with zero attached hydrogens (tertiary/aromatic N) is 4. The molecule has 0 aliphatic carbocycles. The summed E-state index contributed by atoms with van der Waals surface area (Å²) in [6.45, 7) is 3.24. The average Bonchev–Trinajstić information content (AvgIpc) is 2.61. The second kappa shape index (κ2) is 7.87. The van der Waals surface area contributed by atoms with E-state index in [-0.39, 0.29) is 0 Å². The van der Waals surface area contributed by atoms with Gasteiger partial charge < -0.3 is 15.5 Å². The van der Waals surface area contributed by atoms with Crippen LogP contribution in [0.15, 0.2) is 36.7 Å². The Labute approximate surface area is 137 Å². The van der Waals surface area contributed by atoms with Crippen molar-refractivity contribution in [3.05, 3.63) is 36.7 Å². The van der Waals surface area contributed by atoms with Crippen LogP contribution in [0.5, 0.6) is 0 Å². The molecule has 0 spiro atoms. The van der Waals surface area contributed by atoms with Crippen LogP contribution in [0, 0.1) is 5.92 Å². The van der Waals surface area contributed by atoms with Crippen LogP contribution in [0.25, 0.3) is 0 Å². The Kier molecular flexibility index (Phi) is 5.37. The zero-order valence-corrected chi connectivity index (χ0v) is 13.6. The van der Waals surface area contributed by atoms with Gasteiger partial charge >= 0.3 is 0 Å². The van der Waals surface area contributed by atoms with Crippen molar-refractivity contribution in [1.29, 1.82) is 0 Å². The van der Waals surface area contributed by atoms with Crippen molar-refractivity contribution in [1.82, 2.24) is 20.3 Å². The molecule has 1 aliphatic rings. The summed E-state index contributed by atoms with van der Waals surface area (Å²) in [5.41, 5.74) is 0. The van der Waals surface area contributed by atoms with Crippen molar-refractivity contribution in [3.8, 4) is 0 Å². The molecule has 2 N–H and O–H groups in total. The van der Waals surface area contributed by atoms with Gasteiger partial charge in [0, 0.05) is 25.5 Å². The molecular formula is C17H24N6. The van der Waals surface area contributed by atoms with Gasteiger partial charge in [-0.3, -0.25) is 0 Å². The smallest absolute Gasteiger partial charge is 0.230 e. The number of nitrogens with one attached hydrogen (secondary N) is 2. The largest absolute Gasteiger partial charge is 0.356 e. The third-order valence-electron chi connectivity index (χ3n) is 4.29. The maximum atomic E-state index is 4.63. The Morgan fingerprint density at radius 1 is 1.13 bits per heavy atom. The van der Waals surface area contributed by atoms with E-state index in [1.54, 1.807) is 12.4 Å². The van der Waals surface area contributed by atoms with Gasteiger partial charge in [-0.25, -0.2) is 9.97 Å². The van der Waals surface area contributed by atoms with E-state index in [0.717, 1.165) is 37.2 Å². The lowest BCUT2D eigenvalue weighted by atomic mass is 9.93. The van der Waals surface area contributed by atoms with Gasteiger partial charge in [0.05, 0.1) is 0 Å². The van der Waals surface area contributed by atoms with Crippen LogP contribution in [0.2, 0.25) is 0 Å². The predicted molar refractivity (Wildman–Crippen MR) is 93.0 cm³/mol. The Morgan fingerprint density at radius 3 is 2.74 bits per heavy atom. The lowest BCUT2D eigenvalue weighted by Gasteiger charge is -2.32. The van der Waals surface area contributed by atoms with E-state index in [4.69, 9.17) is 0 Å². The molecule has 23 heavy (non-hydrogen) atoms. The highest BCUT2D eigenvalue weighted by atomic mass is 15.2. The molecule has 1 aliphatic heterocycles. The van der Waals surface area contributed by atoms with Gasteiger partial charge in [0.2, 0.25) is 5.95 Å². The molecule has 3 heterocycles. The quantitative estimate of drug-likeness (QED) is 0.854. The number of rotatable bonds is 6. The van der Waals surface area contributed by atoms with Crippen molar-refractivity contribution in [2.75, 3.05) is 36.9 Å². The first-order valence-electron chi connectivity index (χ1n) is 8.26. The molecule has 1 saturated heterocycles. The molecule has 0 saturated carbocycles. The minimum absolute atomic E-state index is 0.596. The molecule has 2 aromatic rings. The number of pyridine rings is 1. The summed E-state index contributed by atoms with van der Waals surface area (Å²) >= 11 is 0. The molecule has 0 amide bonds. The third-order valence-corrected chi connectivity index (χ3v) is 4.29. The number of hydrogen-bond acceptors (Lipinski definition) is 6. The zero-order chi connectivity index (χ0) is 15.9. The van der Waals surface area contributed by atoms with Gasteiger partial charge in [-0.05, 0) is 57.0 Å². The second-order valence-electron chi connectivity index (χ2n) is 5.90. The van der Waals surface area contributed by atoms with Crippen molar-refractivity contribution in [3.63, 3.8) is 0 Å². The fourth-order valence-corrected chi connectivity index (χ4v) is 2.94. The van der Waals surface area contributed by atoms with E-state index in [1.165, 1.54) is 19.3 Å². The average molecular weight is 312 g/mol. The summed E-state index contributed by atoms with van der Waals surface area (Å²) < 4.78 is 0. The molecule has 0 aromatic carbocycles. The first-order chi connectivity index (χ1) is 11.3. The highest BCUT2D eigenvalue weighted by molar-refractivity contribution is 5.50.